The van der Waals surface area contributed by atoms with Crippen molar-refractivity contribution < 1.29 is 9.90 Å². The van der Waals surface area contributed by atoms with Gasteiger partial charge in [-0.25, -0.2) is 4.79 Å². The highest BCUT2D eigenvalue weighted by molar-refractivity contribution is 7.99. The molecule has 3 nitrogen and oxygen atoms in total. The summed E-state index contributed by atoms with van der Waals surface area (Å²) in [5, 5.41) is 9.23. The summed E-state index contributed by atoms with van der Waals surface area (Å²) in [5.41, 5.74) is 0.927. The van der Waals surface area contributed by atoms with E-state index in [1.165, 1.54) is 6.08 Å². The monoisotopic (exact) mass is 215 g/mol. The van der Waals surface area contributed by atoms with Crippen molar-refractivity contribution in [2.45, 2.75) is 19.1 Å². The number of aliphatic carboxylic acids is 1. The third kappa shape index (κ3) is 4.15. The van der Waals surface area contributed by atoms with Crippen LogP contribution in [0.4, 0.5) is 0 Å². The third-order valence-corrected chi connectivity index (χ3v) is 3.30. The first-order valence-corrected chi connectivity index (χ1v) is 5.87. The number of carbonyl (C=O) groups is 1. The number of thioether (sulfide) groups is 1. The molecule has 0 saturated carbocycles. The zero-order valence-electron chi connectivity index (χ0n) is 8.69. The molecule has 0 spiro atoms. The van der Waals surface area contributed by atoms with Gasteiger partial charge in [0.15, 0.2) is 0 Å². The Morgan fingerprint density at radius 3 is 3.00 bits per heavy atom. The minimum absolute atomic E-state index is 0.668. The van der Waals surface area contributed by atoms with Gasteiger partial charge in [0.05, 0.1) is 0 Å². The van der Waals surface area contributed by atoms with Gasteiger partial charge in [0.2, 0.25) is 0 Å². The van der Waals surface area contributed by atoms with E-state index in [0.717, 1.165) is 31.0 Å². The number of hydrogen-bond donors (Lipinski definition) is 1. The summed E-state index contributed by atoms with van der Waals surface area (Å²) in [6.07, 6.45) is 1.30. The Morgan fingerprint density at radius 2 is 2.43 bits per heavy atom. The Bertz CT molecular complexity index is 240. The van der Waals surface area contributed by atoms with Crippen LogP contribution in [0.15, 0.2) is 11.6 Å². The summed E-state index contributed by atoms with van der Waals surface area (Å²) in [4.78, 5) is 12.7. The van der Waals surface area contributed by atoms with Gasteiger partial charge in [-0.2, -0.15) is 11.8 Å². The first-order chi connectivity index (χ1) is 6.58. The molecule has 1 aliphatic heterocycles. The second-order valence-electron chi connectivity index (χ2n) is 3.75. The zero-order valence-corrected chi connectivity index (χ0v) is 9.51. The molecule has 1 aliphatic rings. The van der Waals surface area contributed by atoms with Crippen molar-refractivity contribution >= 4 is 17.7 Å². The summed E-state index contributed by atoms with van der Waals surface area (Å²) in [6, 6.07) is 0. The normalized spacial score (nSPS) is 25.0. The van der Waals surface area contributed by atoms with Gasteiger partial charge in [-0.15, -0.1) is 0 Å². The van der Waals surface area contributed by atoms with Crippen LogP contribution in [-0.2, 0) is 4.79 Å². The van der Waals surface area contributed by atoms with Crippen LogP contribution in [0.5, 0.6) is 0 Å². The maximum absolute atomic E-state index is 10.4. The van der Waals surface area contributed by atoms with E-state index in [2.05, 4.69) is 11.8 Å². The summed E-state index contributed by atoms with van der Waals surface area (Å²) in [5.74, 6) is 0.309. The quantitative estimate of drug-likeness (QED) is 0.724. The molecule has 1 rings (SSSR count). The van der Waals surface area contributed by atoms with Crippen molar-refractivity contribution in [2.75, 3.05) is 25.4 Å². The number of carboxylic acid groups (broad SMARTS) is 1. The van der Waals surface area contributed by atoms with Crippen molar-refractivity contribution in [1.29, 1.82) is 0 Å². The summed E-state index contributed by atoms with van der Waals surface area (Å²) in [6.45, 7) is 7.01. The second kappa shape index (κ2) is 5.41. The Hall–Kier alpha value is -0.480. The largest absolute Gasteiger partial charge is 0.478 e. The maximum Gasteiger partial charge on any atom is 0.328 e. The topological polar surface area (TPSA) is 40.5 Å². The van der Waals surface area contributed by atoms with Crippen LogP contribution < -0.4 is 0 Å². The van der Waals surface area contributed by atoms with Crippen LogP contribution in [0.2, 0.25) is 0 Å². The molecule has 0 radical (unpaired) electrons. The van der Waals surface area contributed by atoms with Crippen molar-refractivity contribution in [3.05, 3.63) is 11.6 Å². The Morgan fingerprint density at radius 1 is 1.71 bits per heavy atom. The number of nitrogens with zero attached hydrogens (tertiary/aromatic N) is 1. The van der Waals surface area contributed by atoms with Gasteiger partial charge in [-0.1, -0.05) is 12.5 Å². The lowest BCUT2D eigenvalue weighted by Gasteiger charge is -2.30. The number of rotatable bonds is 3. The van der Waals surface area contributed by atoms with Crippen molar-refractivity contribution in [3.8, 4) is 0 Å². The number of carboxylic acids is 1. The Labute approximate surface area is 89.2 Å². The van der Waals surface area contributed by atoms with Gasteiger partial charge in [-0.3, -0.25) is 4.90 Å². The maximum atomic E-state index is 10.4. The average molecular weight is 215 g/mol. The Balaban J connectivity index is 2.39. The fourth-order valence-corrected chi connectivity index (χ4v) is 2.73. The van der Waals surface area contributed by atoms with E-state index < -0.39 is 5.97 Å². The molecule has 0 aliphatic carbocycles. The van der Waals surface area contributed by atoms with Crippen LogP contribution in [0.25, 0.3) is 0 Å². The van der Waals surface area contributed by atoms with E-state index in [9.17, 15) is 4.79 Å². The molecule has 0 aromatic carbocycles. The molecule has 80 valence electrons. The summed E-state index contributed by atoms with van der Waals surface area (Å²) in [7, 11) is 0. The van der Waals surface area contributed by atoms with Crippen LogP contribution in [0.3, 0.4) is 0 Å². The van der Waals surface area contributed by atoms with Gasteiger partial charge < -0.3 is 5.11 Å². The lowest BCUT2D eigenvalue weighted by atomic mass is 10.2. The van der Waals surface area contributed by atoms with Gasteiger partial charge >= 0.3 is 5.97 Å². The van der Waals surface area contributed by atoms with Gasteiger partial charge in [0.25, 0.3) is 0 Å². The third-order valence-electron chi connectivity index (χ3n) is 2.17. The van der Waals surface area contributed by atoms with E-state index in [1.54, 1.807) is 0 Å². The fraction of sp³-hybridized carbons (Fsp3) is 0.700. The minimum Gasteiger partial charge on any atom is -0.478 e. The molecule has 1 atom stereocenters. The molecule has 0 amide bonds. The first-order valence-electron chi connectivity index (χ1n) is 4.82. The molecule has 0 aromatic heterocycles. The fourth-order valence-electron chi connectivity index (χ4n) is 1.64. The highest BCUT2D eigenvalue weighted by atomic mass is 32.2. The van der Waals surface area contributed by atoms with Gasteiger partial charge in [-0.05, 0) is 6.92 Å². The molecular weight excluding hydrogens is 198 g/mol. The predicted octanol–water partition coefficient (Wildman–Crippen LogP) is 1.45. The molecule has 1 fully saturated rings. The molecule has 4 heteroatoms. The molecule has 0 bridgehead atoms. The zero-order chi connectivity index (χ0) is 10.6. The van der Waals surface area contributed by atoms with Crippen LogP contribution >= 0.6 is 11.8 Å². The SMILES string of the molecule is CC(=CC(=O)O)CN1CCSC(C)C1. The summed E-state index contributed by atoms with van der Waals surface area (Å²) < 4.78 is 0. The van der Waals surface area contributed by atoms with Crippen LogP contribution in [0, 0.1) is 0 Å². The lowest BCUT2D eigenvalue weighted by molar-refractivity contribution is -0.131. The molecule has 1 N–H and O–H groups in total. The van der Waals surface area contributed by atoms with Crippen molar-refractivity contribution in [3.63, 3.8) is 0 Å². The molecule has 14 heavy (non-hydrogen) atoms. The smallest absolute Gasteiger partial charge is 0.328 e. The standard InChI is InChI=1S/C10H17NO2S/c1-8(5-10(12)13)6-11-3-4-14-9(2)7-11/h5,9H,3-4,6-7H2,1-2H3,(H,12,13). The molecule has 1 heterocycles. The molecular formula is C10H17NO2S. The second-order valence-corrected chi connectivity index (χ2v) is 5.29. The predicted molar refractivity (Wildman–Crippen MR) is 59.8 cm³/mol. The van der Waals surface area contributed by atoms with Crippen molar-refractivity contribution in [1.82, 2.24) is 4.90 Å². The lowest BCUT2D eigenvalue weighted by Crippen LogP contribution is -2.37. The molecule has 1 unspecified atom stereocenters. The van der Waals surface area contributed by atoms with E-state index in [0.29, 0.717) is 5.25 Å². The first kappa shape index (κ1) is 11.6. The minimum atomic E-state index is -0.845. The molecule has 0 aromatic rings. The van der Waals surface area contributed by atoms with Crippen molar-refractivity contribution in [2.24, 2.45) is 0 Å². The summed E-state index contributed by atoms with van der Waals surface area (Å²) >= 11 is 1.99. The van der Waals surface area contributed by atoms with E-state index >= 15 is 0 Å². The molecule has 1 saturated heterocycles. The van der Waals surface area contributed by atoms with Crippen LogP contribution in [0.1, 0.15) is 13.8 Å². The highest BCUT2D eigenvalue weighted by Gasteiger charge is 2.16. The van der Waals surface area contributed by atoms with E-state index in [1.807, 2.05) is 18.7 Å². The highest BCUT2D eigenvalue weighted by Crippen LogP contribution is 2.18. The van der Waals surface area contributed by atoms with Gasteiger partial charge in [0.1, 0.15) is 0 Å². The van der Waals surface area contributed by atoms with E-state index in [-0.39, 0.29) is 0 Å². The Kier molecular flexibility index (Phi) is 4.48. The van der Waals surface area contributed by atoms with Gasteiger partial charge in [0, 0.05) is 36.7 Å². The average Bonchev–Trinajstić information content (AvgIpc) is 2.01. The van der Waals surface area contributed by atoms with Crippen LogP contribution in [-0.4, -0.2) is 46.6 Å². The van der Waals surface area contributed by atoms with E-state index in [4.69, 9.17) is 5.11 Å². The number of hydrogen-bond acceptors (Lipinski definition) is 3.